The van der Waals surface area contributed by atoms with E-state index >= 15 is 0 Å². The number of nitriles is 1. The molecule has 3 heterocycles. The van der Waals surface area contributed by atoms with Gasteiger partial charge in [-0.25, -0.2) is 0 Å². The number of nitrogens with zero attached hydrogens (tertiary/aromatic N) is 4. The molecule has 0 bridgehead atoms. The van der Waals surface area contributed by atoms with Crippen molar-refractivity contribution in [2.24, 2.45) is 5.92 Å². The van der Waals surface area contributed by atoms with Gasteiger partial charge in [0.15, 0.2) is 0 Å². The van der Waals surface area contributed by atoms with Gasteiger partial charge in [0, 0.05) is 38.1 Å². The number of aromatic nitrogens is 1. The number of carbonyl (C=O) groups excluding carboxylic acids is 2. The Morgan fingerprint density at radius 2 is 1.82 bits per heavy atom. The molecule has 0 saturated carbocycles. The van der Waals surface area contributed by atoms with Crippen LogP contribution in [0.4, 0.5) is 11.4 Å². The zero-order valence-corrected chi connectivity index (χ0v) is 19.0. The summed E-state index contributed by atoms with van der Waals surface area (Å²) in [6.45, 7) is 5.44. The minimum absolute atomic E-state index is 0.0279. The first kappa shape index (κ1) is 22.7. The highest BCUT2D eigenvalue weighted by Gasteiger charge is 2.34. The first-order valence-corrected chi connectivity index (χ1v) is 11.3. The molecule has 2 saturated heterocycles. The van der Waals surface area contributed by atoms with Crippen LogP contribution in [0.15, 0.2) is 42.7 Å². The molecule has 2 aliphatic heterocycles. The van der Waals surface area contributed by atoms with Gasteiger partial charge in [0.25, 0.3) is 5.91 Å². The van der Waals surface area contributed by atoms with Gasteiger partial charge in [0.05, 0.1) is 23.4 Å². The van der Waals surface area contributed by atoms with Crippen molar-refractivity contribution >= 4 is 23.2 Å². The Kier molecular flexibility index (Phi) is 6.34. The molecule has 8 heteroatoms. The van der Waals surface area contributed by atoms with Crippen molar-refractivity contribution in [3.63, 3.8) is 0 Å². The van der Waals surface area contributed by atoms with Crippen LogP contribution < -0.4 is 10.2 Å². The lowest BCUT2D eigenvalue weighted by Crippen LogP contribution is -2.52. The molecule has 0 atom stereocenters. The van der Waals surface area contributed by atoms with Crippen molar-refractivity contribution in [1.82, 2.24) is 9.88 Å². The van der Waals surface area contributed by atoms with Crippen LogP contribution in [0.2, 0.25) is 0 Å². The molecule has 2 amide bonds. The molecule has 0 spiro atoms. The molecular weight excluding hydrogens is 418 g/mol. The van der Waals surface area contributed by atoms with Gasteiger partial charge in [-0.1, -0.05) is 12.1 Å². The molecule has 2 aliphatic rings. The number of benzene rings is 1. The quantitative estimate of drug-likeness (QED) is 0.729. The SMILES string of the molecule is CC(C)(O)C(=O)N1CCC(c2ccc(NC(=O)C3CN(c4cnccc4C#N)C3)cc2)CC1. The van der Waals surface area contributed by atoms with Crippen molar-refractivity contribution in [2.75, 3.05) is 36.4 Å². The van der Waals surface area contributed by atoms with Crippen molar-refractivity contribution in [3.05, 3.63) is 53.9 Å². The summed E-state index contributed by atoms with van der Waals surface area (Å²) in [5.41, 5.74) is 1.95. The minimum Gasteiger partial charge on any atom is -0.381 e. The zero-order chi connectivity index (χ0) is 23.6. The van der Waals surface area contributed by atoms with Gasteiger partial charge in [0.1, 0.15) is 11.7 Å². The van der Waals surface area contributed by atoms with E-state index < -0.39 is 5.60 Å². The molecule has 2 N–H and O–H groups in total. The maximum atomic E-state index is 12.6. The topological polar surface area (TPSA) is 110 Å². The fourth-order valence-corrected chi connectivity index (χ4v) is 4.46. The number of hydrogen-bond acceptors (Lipinski definition) is 6. The summed E-state index contributed by atoms with van der Waals surface area (Å²) in [6, 6.07) is 11.8. The lowest BCUT2D eigenvalue weighted by molar-refractivity contribution is -0.148. The molecule has 172 valence electrons. The first-order chi connectivity index (χ1) is 15.8. The minimum atomic E-state index is -1.33. The van der Waals surface area contributed by atoms with Gasteiger partial charge in [0.2, 0.25) is 5.91 Å². The average Bonchev–Trinajstić information content (AvgIpc) is 2.78. The highest BCUT2D eigenvalue weighted by atomic mass is 16.3. The Morgan fingerprint density at radius 1 is 1.15 bits per heavy atom. The van der Waals surface area contributed by atoms with Crippen molar-refractivity contribution < 1.29 is 14.7 Å². The highest BCUT2D eigenvalue weighted by Crippen LogP contribution is 2.31. The van der Waals surface area contributed by atoms with Gasteiger partial charge in [-0.15, -0.1) is 0 Å². The third-order valence-electron chi connectivity index (χ3n) is 6.47. The second-order valence-electron chi connectivity index (χ2n) is 9.34. The maximum Gasteiger partial charge on any atom is 0.253 e. The molecule has 0 unspecified atom stereocenters. The van der Waals surface area contributed by atoms with Gasteiger partial charge in [-0.2, -0.15) is 5.26 Å². The van der Waals surface area contributed by atoms with Gasteiger partial charge >= 0.3 is 0 Å². The Morgan fingerprint density at radius 3 is 2.42 bits per heavy atom. The number of amides is 2. The van der Waals surface area contributed by atoms with E-state index in [2.05, 4.69) is 16.4 Å². The van der Waals surface area contributed by atoms with E-state index in [-0.39, 0.29) is 17.7 Å². The Balaban J connectivity index is 1.27. The summed E-state index contributed by atoms with van der Waals surface area (Å²) in [7, 11) is 0. The van der Waals surface area contributed by atoms with Crippen LogP contribution in [-0.4, -0.2) is 58.6 Å². The predicted molar refractivity (Wildman–Crippen MR) is 125 cm³/mol. The van der Waals surface area contributed by atoms with Crippen LogP contribution >= 0.6 is 0 Å². The predicted octanol–water partition coefficient (Wildman–Crippen LogP) is 2.51. The van der Waals surface area contributed by atoms with Gasteiger partial charge < -0.3 is 20.2 Å². The second kappa shape index (κ2) is 9.20. The molecular formula is C25H29N5O3. The molecule has 1 aromatic heterocycles. The van der Waals surface area contributed by atoms with E-state index in [4.69, 9.17) is 0 Å². The number of pyridine rings is 1. The fourth-order valence-electron chi connectivity index (χ4n) is 4.46. The lowest BCUT2D eigenvalue weighted by Gasteiger charge is -2.40. The van der Waals surface area contributed by atoms with Crippen LogP contribution in [0, 0.1) is 17.2 Å². The van der Waals surface area contributed by atoms with E-state index in [0.29, 0.717) is 37.7 Å². The van der Waals surface area contributed by atoms with Crippen molar-refractivity contribution in [1.29, 1.82) is 5.26 Å². The van der Waals surface area contributed by atoms with Crippen LogP contribution in [0.3, 0.4) is 0 Å². The Labute approximate surface area is 193 Å². The van der Waals surface area contributed by atoms with Gasteiger partial charge in [-0.05, 0) is 56.4 Å². The summed E-state index contributed by atoms with van der Waals surface area (Å²) >= 11 is 0. The number of nitrogens with one attached hydrogen (secondary N) is 1. The van der Waals surface area contributed by atoms with Crippen molar-refractivity contribution in [2.45, 2.75) is 38.2 Å². The third kappa shape index (κ3) is 4.99. The Hall–Kier alpha value is -3.44. The van der Waals surface area contributed by atoms with E-state index in [1.165, 1.54) is 19.4 Å². The number of carbonyl (C=O) groups is 2. The molecule has 8 nitrogen and oxygen atoms in total. The highest BCUT2D eigenvalue weighted by molar-refractivity contribution is 5.94. The summed E-state index contributed by atoms with van der Waals surface area (Å²) in [5, 5.41) is 22.2. The standard InChI is InChI=1S/C25H29N5O3/c1-25(2,33)24(32)29-11-8-18(9-12-29)17-3-5-21(6-4-17)28-23(31)20-15-30(16-20)22-14-27-10-7-19(22)13-26/h3-7,10,14,18,20,33H,8-9,11-12,15-16H2,1-2H3,(H,28,31). The smallest absolute Gasteiger partial charge is 0.253 e. The average molecular weight is 448 g/mol. The third-order valence-corrected chi connectivity index (χ3v) is 6.47. The molecule has 0 radical (unpaired) electrons. The normalized spacial score (nSPS) is 17.3. The monoisotopic (exact) mass is 447 g/mol. The van der Waals surface area contributed by atoms with Crippen LogP contribution in [0.1, 0.15) is 43.7 Å². The largest absolute Gasteiger partial charge is 0.381 e. The van der Waals surface area contributed by atoms with Crippen molar-refractivity contribution in [3.8, 4) is 6.07 Å². The summed E-state index contributed by atoms with van der Waals surface area (Å²) in [5.74, 6) is -0.0237. The molecule has 2 fully saturated rings. The number of likely N-dealkylation sites (tertiary alicyclic amines) is 1. The van der Waals surface area contributed by atoms with Crippen LogP contribution in [0.5, 0.6) is 0 Å². The molecule has 2 aromatic rings. The lowest BCUT2D eigenvalue weighted by atomic mass is 9.88. The molecule has 33 heavy (non-hydrogen) atoms. The van der Waals surface area contributed by atoms with Crippen LogP contribution in [0.25, 0.3) is 0 Å². The molecule has 0 aliphatic carbocycles. The first-order valence-electron chi connectivity index (χ1n) is 11.3. The van der Waals surface area contributed by atoms with E-state index in [1.807, 2.05) is 29.2 Å². The summed E-state index contributed by atoms with van der Waals surface area (Å²) < 4.78 is 0. The van der Waals surface area contributed by atoms with Gasteiger partial charge in [-0.3, -0.25) is 14.6 Å². The second-order valence-corrected chi connectivity index (χ2v) is 9.34. The number of rotatable bonds is 5. The fraction of sp³-hybridized carbons (Fsp3) is 0.440. The number of hydrogen-bond donors (Lipinski definition) is 2. The van der Waals surface area contributed by atoms with E-state index in [0.717, 1.165) is 24.2 Å². The number of piperidine rings is 1. The molecule has 1 aromatic carbocycles. The van der Waals surface area contributed by atoms with E-state index in [1.54, 1.807) is 23.4 Å². The summed E-state index contributed by atoms with van der Waals surface area (Å²) in [6.07, 6.45) is 4.96. The maximum absolute atomic E-state index is 12.6. The van der Waals surface area contributed by atoms with Crippen LogP contribution in [-0.2, 0) is 9.59 Å². The zero-order valence-electron chi connectivity index (χ0n) is 19.0. The summed E-state index contributed by atoms with van der Waals surface area (Å²) in [4.78, 5) is 32.7. The Bertz CT molecular complexity index is 1060. The molecule has 4 rings (SSSR count). The van der Waals surface area contributed by atoms with E-state index in [9.17, 15) is 20.0 Å². The number of anilines is 2. The number of aliphatic hydroxyl groups is 1.